The van der Waals surface area contributed by atoms with Crippen molar-refractivity contribution in [3.8, 4) is 0 Å². The van der Waals surface area contributed by atoms with E-state index in [0.29, 0.717) is 6.04 Å². The number of carbonyl (C=O) groups is 1. The molecule has 2 aliphatic rings. The van der Waals surface area contributed by atoms with Gasteiger partial charge in [-0.2, -0.15) is 0 Å². The van der Waals surface area contributed by atoms with Crippen LogP contribution in [0.5, 0.6) is 0 Å². The van der Waals surface area contributed by atoms with E-state index in [9.17, 15) is 4.79 Å². The van der Waals surface area contributed by atoms with Crippen molar-refractivity contribution in [3.63, 3.8) is 0 Å². The molecule has 104 valence electrons. The largest absolute Gasteiger partial charge is 0.481 e. The van der Waals surface area contributed by atoms with Crippen LogP contribution in [-0.4, -0.2) is 46.8 Å². The van der Waals surface area contributed by atoms with Crippen molar-refractivity contribution in [3.05, 3.63) is 0 Å². The lowest BCUT2D eigenvalue weighted by atomic mass is 9.73. The Morgan fingerprint density at radius 1 is 1.56 bits per heavy atom. The van der Waals surface area contributed by atoms with E-state index >= 15 is 0 Å². The van der Waals surface area contributed by atoms with Crippen molar-refractivity contribution in [2.45, 2.75) is 70.1 Å². The molecule has 1 spiro atoms. The van der Waals surface area contributed by atoms with E-state index in [-0.39, 0.29) is 18.1 Å². The molecule has 1 saturated carbocycles. The summed E-state index contributed by atoms with van der Waals surface area (Å²) in [5, 5.41) is 8.94. The fourth-order valence-corrected chi connectivity index (χ4v) is 3.50. The van der Waals surface area contributed by atoms with Crippen LogP contribution in [0.25, 0.3) is 0 Å². The van der Waals surface area contributed by atoms with Gasteiger partial charge in [0.2, 0.25) is 0 Å². The third kappa shape index (κ3) is 2.86. The fourth-order valence-electron chi connectivity index (χ4n) is 3.50. The topological polar surface area (TPSA) is 49.8 Å². The van der Waals surface area contributed by atoms with Crippen molar-refractivity contribution < 1.29 is 14.6 Å². The summed E-state index contributed by atoms with van der Waals surface area (Å²) in [6, 6.07) is 0.617. The Morgan fingerprint density at radius 2 is 2.28 bits per heavy atom. The maximum Gasteiger partial charge on any atom is 0.304 e. The Hall–Kier alpha value is -0.610. The lowest BCUT2D eigenvalue weighted by molar-refractivity contribution is -0.153. The number of hydrogen-bond acceptors (Lipinski definition) is 3. The molecule has 1 heterocycles. The molecule has 18 heavy (non-hydrogen) atoms. The third-order valence-electron chi connectivity index (χ3n) is 4.60. The van der Waals surface area contributed by atoms with Crippen LogP contribution in [0.15, 0.2) is 0 Å². The summed E-state index contributed by atoms with van der Waals surface area (Å²) in [6.45, 7) is 5.91. The van der Waals surface area contributed by atoms with E-state index in [1.165, 1.54) is 19.3 Å². The highest BCUT2D eigenvalue weighted by Crippen LogP contribution is 2.43. The van der Waals surface area contributed by atoms with Crippen LogP contribution in [-0.2, 0) is 9.53 Å². The summed E-state index contributed by atoms with van der Waals surface area (Å²) in [5.74, 6) is -0.702. The summed E-state index contributed by atoms with van der Waals surface area (Å²) in [5.41, 5.74) is 0.138. The van der Waals surface area contributed by atoms with E-state index < -0.39 is 5.97 Å². The number of nitrogens with zero attached hydrogens (tertiary/aromatic N) is 1. The van der Waals surface area contributed by atoms with Gasteiger partial charge in [0.25, 0.3) is 0 Å². The molecule has 2 rings (SSSR count). The van der Waals surface area contributed by atoms with Crippen LogP contribution in [0.3, 0.4) is 0 Å². The number of hydrogen-bond donors (Lipinski definition) is 1. The van der Waals surface area contributed by atoms with E-state index in [2.05, 4.69) is 11.8 Å². The number of carboxylic acids is 1. The highest BCUT2D eigenvalue weighted by molar-refractivity contribution is 5.67. The van der Waals surface area contributed by atoms with Gasteiger partial charge in [0.05, 0.1) is 12.0 Å². The van der Waals surface area contributed by atoms with Crippen LogP contribution in [0.1, 0.15) is 52.4 Å². The Kier molecular flexibility index (Phi) is 4.28. The second kappa shape index (κ2) is 5.57. The normalized spacial score (nSPS) is 28.1. The first kappa shape index (κ1) is 13.8. The second-order valence-corrected chi connectivity index (χ2v) is 5.81. The molecule has 0 aromatic carbocycles. The molecule has 2 fully saturated rings. The molecule has 0 bridgehead atoms. The highest BCUT2D eigenvalue weighted by Gasteiger charge is 2.44. The molecule has 1 aliphatic heterocycles. The first-order valence-corrected chi connectivity index (χ1v) is 7.18. The van der Waals surface area contributed by atoms with Crippen LogP contribution in [0.4, 0.5) is 0 Å². The zero-order chi connectivity index (χ0) is 13.2. The molecular formula is C14H25NO3. The molecular weight excluding hydrogens is 230 g/mol. The molecule has 4 nitrogen and oxygen atoms in total. The minimum Gasteiger partial charge on any atom is -0.481 e. The standard InChI is InChI=1S/C14H25NO3/c1-3-15(11(2)9-13(16)17)12-5-8-18-14(10-12)6-4-7-14/h11-12H,3-10H2,1-2H3,(H,16,17). The maximum absolute atomic E-state index is 10.9. The van der Waals surface area contributed by atoms with Gasteiger partial charge < -0.3 is 9.84 Å². The first-order chi connectivity index (χ1) is 8.56. The number of ether oxygens (including phenoxy) is 1. The molecule has 0 aromatic rings. The Balaban J connectivity index is 1.96. The lowest BCUT2D eigenvalue weighted by Gasteiger charge is -2.50. The van der Waals surface area contributed by atoms with Gasteiger partial charge >= 0.3 is 5.97 Å². The van der Waals surface area contributed by atoms with E-state index in [1.807, 2.05) is 6.92 Å². The van der Waals surface area contributed by atoms with Crippen LogP contribution < -0.4 is 0 Å². The molecule has 0 amide bonds. The summed E-state index contributed by atoms with van der Waals surface area (Å²) >= 11 is 0. The maximum atomic E-state index is 10.9. The highest BCUT2D eigenvalue weighted by atomic mass is 16.5. The molecule has 1 aliphatic carbocycles. The predicted octanol–water partition coefficient (Wildman–Crippen LogP) is 2.27. The van der Waals surface area contributed by atoms with Crippen molar-refractivity contribution in [2.75, 3.05) is 13.2 Å². The van der Waals surface area contributed by atoms with Gasteiger partial charge in [-0.25, -0.2) is 0 Å². The van der Waals surface area contributed by atoms with Gasteiger partial charge in [0.1, 0.15) is 0 Å². The minimum absolute atomic E-state index is 0.118. The van der Waals surface area contributed by atoms with Gasteiger partial charge in [0, 0.05) is 18.7 Å². The predicted molar refractivity (Wildman–Crippen MR) is 69.7 cm³/mol. The monoisotopic (exact) mass is 255 g/mol. The molecule has 1 N–H and O–H groups in total. The molecule has 0 aromatic heterocycles. The smallest absolute Gasteiger partial charge is 0.304 e. The van der Waals surface area contributed by atoms with E-state index in [1.54, 1.807) is 0 Å². The van der Waals surface area contributed by atoms with Gasteiger partial charge in [0.15, 0.2) is 0 Å². The lowest BCUT2D eigenvalue weighted by Crippen LogP contribution is -2.54. The van der Waals surface area contributed by atoms with Gasteiger partial charge in [-0.3, -0.25) is 9.69 Å². The van der Waals surface area contributed by atoms with Gasteiger partial charge in [-0.05, 0) is 45.6 Å². The van der Waals surface area contributed by atoms with E-state index in [4.69, 9.17) is 9.84 Å². The molecule has 4 heteroatoms. The quantitative estimate of drug-likeness (QED) is 0.818. The molecule has 1 saturated heterocycles. The minimum atomic E-state index is -0.702. The summed E-state index contributed by atoms with van der Waals surface area (Å²) in [4.78, 5) is 13.2. The van der Waals surface area contributed by atoms with Gasteiger partial charge in [-0.1, -0.05) is 6.92 Å². The second-order valence-electron chi connectivity index (χ2n) is 5.81. The molecule has 2 unspecified atom stereocenters. The summed E-state index contributed by atoms with van der Waals surface area (Å²) < 4.78 is 5.94. The number of carboxylic acid groups (broad SMARTS) is 1. The number of aliphatic carboxylic acids is 1. The van der Waals surface area contributed by atoms with Crippen molar-refractivity contribution in [2.24, 2.45) is 0 Å². The Bertz CT molecular complexity index is 301. The zero-order valence-corrected chi connectivity index (χ0v) is 11.5. The van der Waals surface area contributed by atoms with Crippen molar-refractivity contribution in [1.29, 1.82) is 0 Å². The average Bonchev–Trinajstić information content (AvgIpc) is 2.27. The average molecular weight is 255 g/mol. The zero-order valence-electron chi connectivity index (χ0n) is 11.5. The SMILES string of the molecule is CCN(C(C)CC(=O)O)C1CCOC2(CCC2)C1. The molecule has 2 atom stereocenters. The van der Waals surface area contributed by atoms with Crippen LogP contribution >= 0.6 is 0 Å². The number of rotatable bonds is 5. The third-order valence-corrected chi connectivity index (χ3v) is 4.60. The Labute approximate surface area is 109 Å². The summed E-state index contributed by atoms with van der Waals surface area (Å²) in [7, 11) is 0. The van der Waals surface area contributed by atoms with Gasteiger partial charge in [-0.15, -0.1) is 0 Å². The van der Waals surface area contributed by atoms with Crippen molar-refractivity contribution in [1.82, 2.24) is 4.90 Å². The van der Waals surface area contributed by atoms with Crippen LogP contribution in [0, 0.1) is 0 Å². The van der Waals surface area contributed by atoms with E-state index in [0.717, 1.165) is 26.0 Å². The summed E-state index contributed by atoms with van der Waals surface area (Å²) in [6.07, 6.45) is 6.02. The fraction of sp³-hybridized carbons (Fsp3) is 0.929. The van der Waals surface area contributed by atoms with Crippen molar-refractivity contribution >= 4 is 5.97 Å². The molecule has 0 radical (unpaired) electrons. The Morgan fingerprint density at radius 3 is 2.78 bits per heavy atom. The first-order valence-electron chi connectivity index (χ1n) is 7.18. The van der Waals surface area contributed by atoms with Crippen LogP contribution in [0.2, 0.25) is 0 Å².